The Morgan fingerprint density at radius 2 is 1.94 bits per heavy atom. The number of hydrogen-bond acceptors (Lipinski definition) is 6. The Balaban J connectivity index is 1.66. The number of nitrogens with one attached hydrogen (secondary N) is 2. The highest BCUT2D eigenvalue weighted by Gasteiger charge is 2.49. The summed E-state index contributed by atoms with van der Waals surface area (Å²) in [5.74, 6) is 0.230. The van der Waals surface area contributed by atoms with Crippen molar-refractivity contribution in [2.45, 2.75) is 38.1 Å². The first-order valence-corrected chi connectivity index (χ1v) is 10.5. The van der Waals surface area contributed by atoms with E-state index in [2.05, 4.69) is 21.8 Å². The number of amidine groups is 1. The fourth-order valence-corrected chi connectivity index (χ4v) is 4.81. The van der Waals surface area contributed by atoms with Crippen LogP contribution in [0.3, 0.4) is 0 Å². The Hall–Kier alpha value is -3.69. The molecule has 0 saturated carbocycles. The van der Waals surface area contributed by atoms with E-state index < -0.39 is 17.2 Å². The zero-order valence-electron chi connectivity index (χ0n) is 17.5. The normalized spacial score (nSPS) is 20.2. The van der Waals surface area contributed by atoms with E-state index >= 15 is 0 Å². The first-order chi connectivity index (χ1) is 15.5. The monoisotopic (exact) mass is 436 g/mol. The molecule has 4 heterocycles. The number of hydrogen-bond donors (Lipinski definition) is 2. The van der Waals surface area contributed by atoms with Crippen LogP contribution in [0.15, 0.2) is 36.8 Å². The lowest BCUT2D eigenvalue weighted by Gasteiger charge is -2.53. The number of piperidine rings is 1. The van der Waals surface area contributed by atoms with Gasteiger partial charge in [0.2, 0.25) is 5.95 Å². The molecule has 5 rings (SSSR count). The van der Waals surface area contributed by atoms with Crippen molar-refractivity contribution in [2.24, 2.45) is 0 Å². The molecule has 0 spiro atoms. The number of nitrogens with zero attached hydrogens (tertiary/aromatic N) is 6. The number of aromatic nitrogens is 4. The fourth-order valence-electron chi connectivity index (χ4n) is 4.81. The highest BCUT2D eigenvalue weighted by atomic mass is 19.1. The lowest BCUT2D eigenvalue weighted by atomic mass is 9.80. The lowest BCUT2D eigenvalue weighted by Crippen LogP contribution is -2.64. The van der Waals surface area contributed by atoms with E-state index in [1.54, 1.807) is 17.0 Å². The summed E-state index contributed by atoms with van der Waals surface area (Å²) in [5.41, 5.74) is 0.313. The first kappa shape index (κ1) is 20.2. The van der Waals surface area contributed by atoms with Crippen molar-refractivity contribution in [2.75, 3.05) is 16.3 Å². The van der Waals surface area contributed by atoms with Crippen LogP contribution in [0.2, 0.25) is 0 Å². The maximum Gasteiger partial charge on any atom is 0.237 e. The van der Waals surface area contributed by atoms with Gasteiger partial charge in [-0.15, -0.1) is 0 Å². The molecular formula is C22H22F2N8. The molecule has 1 aromatic carbocycles. The van der Waals surface area contributed by atoms with Crippen LogP contribution in [-0.2, 0) is 0 Å². The summed E-state index contributed by atoms with van der Waals surface area (Å²) in [7, 11) is 0. The van der Waals surface area contributed by atoms with Gasteiger partial charge < -0.3 is 4.90 Å². The molecule has 0 amide bonds. The van der Waals surface area contributed by atoms with Crippen molar-refractivity contribution >= 4 is 23.7 Å². The van der Waals surface area contributed by atoms with Crippen LogP contribution in [0.1, 0.15) is 32.6 Å². The molecule has 1 atom stereocenters. The van der Waals surface area contributed by atoms with E-state index in [9.17, 15) is 8.78 Å². The summed E-state index contributed by atoms with van der Waals surface area (Å²) < 4.78 is 29.2. The molecule has 0 bridgehead atoms. The summed E-state index contributed by atoms with van der Waals surface area (Å²) in [6.45, 7) is 2.80. The number of fused-ring (bicyclic) bond motifs is 3. The number of rotatable bonds is 4. The van der Waals surface area contributed by atoms with Gasteiger partial charge in [0.25, 0.3) is 0 Å². The molecule has 3 aromatic rings. The molecular weight excluding hydrogens is 414 g/mol. The van der Waals surface area contributed by atoms with Crippen LogP contribution in [-0.4, -0.2) is 43.8 Å². The third-order valence-corrected chi connectivity index (χ3v) is 6.36. The van der Waals surface area contributed by atoms with Gasteiger partial charge in [0, 0.05) is 30.6 Å². The molecule has 2 aliphatic rings. The topological polar surface area (TPSA) is 97.8 Å². The van der Waals surface area contributed by atoms with Crippen LogP contribution in [0.4, 0.5) is 20.3 Å². The zero-order valence-corrected chi connectivity index (χ0v) is 17.5. The summed E-state index contributed by atoms with van der Waals surface area (Å²) in [4.78, 5) is 17.2. The van der Waals surface area contributed by atoms with Crippen LogP contribution in [0.25, 0.3) is 17.3 Å². The minimum absolute atomic E-state index is 0.276. The highest BCUT2D eigenvalue weighted by Crippen LogP contribution is 2.45. The molecule has 1 fully saturated rings. The van der Waals surface area contributed by atoms with Crippen LogP contribution in [0, 0.1) is 22.5 Å². The largest absolute Gasteiger partial charge is 0.342 e. The minimum atomic E-state index is -0.693. The van der Waals surface area contributed by atoms with E-state index in [1.807, 2.05) is 0 Å². The third-order valence-electron chi connectivity index (χ3n) is 6.36. The second-order valence-corrected chi connectivity index (χ2v) is 8.00. The smallest absolute Gasteiger partial charge is 0.237 e. The van der Waals surface area contributed by atoms with E-state index in [1.165, 1.54) is 23.2 Å². The zero-order chi connectivity index (χ0) is 22.5. The maximum atomic E-state index is 13.8. The Morgan fingerprint density at radius 1 is 1.16 bits per heavy atom. The SMILES string of the molecule is CC[C@@]12CCCCN1c1nc(-n3ccnc3-c3cc(F)cc(F)c3)ncc1N(C=N)C2=N. The molecule has 0 unspecified atom stereocenters. The van der Waals surface area contributed by atoms with Crippen molar-refractivity contribution in [3.05, 3.63) is 48.4 Å². The van der Waals surface area contributed by atoms with Crippen molar-refractivity contribution in [3.63, 3.8) is 0 Å². The Bertz CT molecular complexity index is 1200. The molecule has 10 heteroatoms. The van der Waals surface area contributed by atoms with Gasteiger partial charge in [-0.1, -0.05) is 6.92 Å². The van der Waals surface area contributed by atoms with E-state index in [0.29, 0.717) is 35.5 Å². The van der Waals surface area contributed by atoms with E-state index in [4.69, 9.17) is 15.8 Å². The minimum Gasteiger partial charge on any atom is -0.342 e. The summed E-state index contributed by atoms with van der Waals surface area (Å²) >= 11 is 0. The average molecular weight is 436 g/mol. The lowest BCUT2D eigenvalue weighted by molar-refractivity contribution is 0.374. The second kappa shape index (κ2) is 7.47. The molecule has 164 valence electrons. The van der Waals surface area contributed by atoms with Crippen LogP contribution < -0.4 is 9.80 Å². The Morgan fingerprint density at radius 3 is 2.66 bits per heavy atom. The molecule has 2 N–H and O–H groups in total. The molecule has 0 radical (unpaired) electrons. The van der Waals surface area contributed by atoms with Crippen molar-refractivity contribution in [1.82, 2.24) is 19.5 Å². The number of benzene rings is 1. The van der Waals surface area contributed by atoms with Crippen LogP contribution in [0.5, 0.6) is 0 Å². The third kappa shape index (κ3) is 2.89. The van der Waals surface area contributed by atoms with Crippen LogP contribution >= 0.6 is 0 Å². The standard InChI is InChI=1S/C22H22F2N8/c1-2-22-5-3-4-7-32(22)19-17(31(13-25)20(22)26)12-28-21(29-19)30-8-6-27-18(30)14-9-15(23)11-16(24)10-14/h6,8-13,25-26H,2-5,7H2,1H3/t22-/m0/s1. The molecule has 2 aliphatic heterocycles. The van der Waals surface area contributed by atoms with E-state index in [-0.39, 0.29) is 5.56 Å². The van der Waals surface area contributed by atoms with Crippen molar-refractivity contribution in [1.29, 1.82) is 10.8 Å². The molecule has 8 nitrogen and oxygen atoms in total. The predicted molar refractivity (Wildman–Crippen MR) is 118 cm³/mol. The fraction of sp³-hybridized carbons (Fsp3) is 0.318. The first-order valence-electron chi connectivity index (χ1n) is 10.5. The molecule has 0 aliphatic carbocycles. The molecule has 1 saturated heterocycles. The number of anilines is 2. The van der Waals surface area contributed by atoms with Gasteiger partial charge in [0.05, 0.1) is 18.1 Å². The maximum absolute atomic E-state index is 13.8. The van der Waals surface area contributed by atoms with Gasteiger partial charge >= 0.3 is 0 Å². The molecule has 2 aromatic heterocycles. The predicted octanol–water partition coefficient (Wildman–Crippen LogP) is 4.15. The average Bonchev–Trinajstić information content (AvgIpc) is 3.29. The van der Waals surface area contributed by atoms with Crippen molar-refractivity contribution < 1.29 is 8.78 Å². The highest BCUT2D eigenvalue weighted by molar-refractivity contribution is 6.18. The van der Waals surface area contributed by atoms with Gasteiger partial charge in [0.15, 0.2) is 5.82 Å². The molecule has 32 heavy (non-hydrogen) atoms. The summed E-state index contributed by atoms with van der Waals surface area (Å²) in [5, 5.41) is 16.7. The summed E-state index contributed by atoms with van der Waals surface area (Å²) in [6, 6.07) is 3.24. The number of halogens is 2. The van der Waals surface area contributed by atoms with Gasteiger partial charge in [-0.25, -0.2) is 18.7 Å². The Labute approximate surface area is 183 Å². The van der Waals surface area contributed by atoms with E-state index in [0.717, 1.165) is 38.2 Å². The quantitative estimate of drug-likeness (QED) is 0.473. The number of imidazole rings is 1. The van der Waals surface area contributed by atoms with Gasteiger partial charge in [-0.05, 0) is 37.8 Å². The Kier molecular flexibility index (Phi) is 4.72. The summed E-state index contributed by atoms with van der Waals surface area (Å²) in [6.07, 6.45) is 9.39. The van der Waals surface area contributed by atoms with Gasteiger partial charge in [-0.2, -0.15) is 4.98 Å². The van der Waals surface area contributed by atoms with Gasteiger partial charge in [-0.3, -0.25) is 20.3 Å². The second-order valence-electron chi connectivity index (χ2n) is 8.00. The van der Waals surface area contributed by atoms with Crippen molar-refractivity contribution in [3.8, 4) is 17.3 Å². The van der Waals surface area contributed by atoms with Gasteiger partial charge in [0.1, 0.15) is 29.0 Å².